The minimum atomic E-state index is -1.00. The first-order valence-corrected chi connectivity index (χ1v) is 5.24. The van der Waals surface area contributed by atoms with Crippen LogP contribution in [0, 0.1) is 0 Å². The summed E-state index contributed by atoms with van der Waals surface area (Å²) in [7, 11) is -1.00. The molecular weight excluding hydrogens is 162 g/mol. The molecule has 0 spiro atoms. The Balaban J connectivity index is 2.34. The molecule has 1 amide bonds. The highest BCUT2D eigenvalue weighted by atomic mass is 32.2. The standard InChI is InChI=1S/C7H13NO2S/c8-7(9)5-11(10)6-3-1-2-4-6/h6H,1-5H2,(H2,8,9). The smallest absolute Gasteiger partial charge is 0.230 e. The first-order valence-electron chi connectivity index (χ1n) is 3.85. The van der Waals surface area contributed by atoms with Crippen molar-refractivity contribution < 1.29 is 9.00 Å². The molecule has 0 aromatic rings. The lowest BCUT2D eigenvalue weighted by molar-refractivity contribution is -0.115. The molecule has 1 aliphatic rings. The van der Waals surface area contributed by atoms with Crippen molar-refractivity contribution in [2.24, 2.45) is 5.73 Å². The lowest BCUT2D eigenvalue weighted by Gasteiger charge is -2.05. The molecule has 1 saturated carbocycles. The molecule has 1 fully saturated rings. The number of hydrogen-bond donors (Lipinski definition) is 1. The summed E-state index contributed by atoms with van der Waals surface area (Å²) in [5, 5.41) is 0.238. The van der Waals surface area contributed by atoms with Gasteiger partial charge in [0.15, 0.2) is 0 Å². The van der Waals surface area contributed by atoms with E-state index in [-0.39, 0.29) is 11.0 Å². The molecule has 1 rings (SSSR count). The van der Waals surface area contributed by atoms with Crippen LogP contribution in [0.2, 0.25) is 0 Å². The number of rotatable bonds is 3. The monoisotopic (exact) mass is 175 g/mol. The quantitative estimate of drug-likeness (QED) is 0.664. The maximum Gasteiger partial charge on any atom is 0.230 e. The van der Waals surface area contributed by atoms with E-state index in [4.69, 9.17) is 5.73 Å². The molecule has 4 heteroatoms. The fraction of sp³-hybridized carbons (Fsp3) is 0.857. The van der Waals surface area contributed by atoms with Gasteiger partial charge < -0.3 is 5.73 Å². The fourth-order valence-electron chi connectivity index (χ4n) is 1.41. The van der Waals surface area contributed by atoms with Crippen molar-refractivity contribution in [3.05, 3.63) is 0 Å². The van der Waals surface area contributed by atoms with Crippen LogP contribution in [0.25, 0.3) is 0 Å². The van der Waals surface area contributed by atoms with Gasteiger partial charge in [-0.1, -0.05) is 12.8 Å². The van der Waals surface area contributed by atoms with Crippen molar-refractivity contribution in [3.63, 3.8) is 0 Å². The average molecular weight is 175 g/mol. The Labute approximate surface area is 68.8 Å². The summed E-state index contributed by atoms with van der Waals surface area (Å²) in [4.78, 5) is 10.4. The van der Waals surface area contributed by atoms with Gasteiger partial charge in [-0.2, -0.15) is 0 Å². The molecule has 11 heavy (non-hydrogen) atoms. The molecule has 2 N–H and O–H groups in total. The molecule has 0 saturated heterocycles. The molecule has 1 unspecified atom stereocenters. The van der Waals surface area contributed by atoms with Gasteiger partial charge in [0.05, 0.1) is 0 Å². The Morgan fingerprint density at radius 3 is 2.45 bits per heavy atom. The molecular formula is C7H13NO2S. The van der Waals surface area contributed by atoms with Crippen molar-refractivity contribution in [1.29, 1.82) is 0 Å². The first-order chi connectivity index (χ1) is 5.20. The Morgan fingerprint density at radius 2 is 2.00 bits per heavy atom. The number of carbonyl (C=O) groups is 1. The van der Waals surface area contributed by atoms with Gasteiger partial charge in [-0.3, -0.25) is 9.00 Å². The van der Waals surface area contributed by atoms with E-state index in [2.05, 4.69) is 0 Å². The van der Waals surface area contributed by atoms with E-state index in [9.17, 15) is 9.00 Å². The number of primary amides is 1. The van der Waals surface area contributed by atoms with Crippen molar-refractivity contribution in [2.45, 2.75) is 30.9 Å². The zero-order valence-electron chi connectivity index (χ0n) is 6.41. The third-order valence-electron chi connectivity index (χ3n) is 1.96. The maximum absolute atomic E-state index is 11.3. The highest BCUT2D eigenvalue weighted by molar-refractivity contribution is 7.86. The Hall–Kier alpha value is -0.380. The second kappa shape index (κ2) is 3.85. The van der Waals surface area contributed by atoms with E-state index < -0.39 is 16.7 Å². The van der Waals surface area contributed by atoms with Crippen LogP contribution in [0.5, 0.6) is 0 Å². The number of carbonyl (C=O) groups excluding carboxylic acids is 1. The van der Waals surface area contributed by atoms with Gasteiger partial charge in [-0.15, -0.1) is 0 Å². The number of nitrogens with two attached hydrogens (primary N) is 1. The second-order valence-electron chi connectivity index (χ2n) is 2.90. The van der Waals surface area contributed by atoms with Crippen LogP contribution in [0.4, 0.5) is 0 Å². The van der Waals surface area contributed by atoms with Crippen molar-refractivity contribution in [3.8, 4) is 0 Å². The molecule has 0 radical (unpaired) electrons. The fourth-order valence-corrected chi connectivity index (χ4v) is 2.78. The highest BCUT2D eigenvalue weighted by Crippen LogP contribution is 2.22. The second-order valence-corrected chi connectivity index (χ2v) is 4.61. The van der Waals surface area contributed by atoms with Gasteiger partial charge >= 0.3 is 0 Å². The van der Waals surface area contributed by atoms with Crippen LogP contribution in [0.3, 0.4) is 0 Å². The summed E-state index contributed by atoms with van der Waals surface area (Å²) in [6.07, 6.45) is 4.30. The van der Waals surface area contributed by atoms with Gasteiger partial charge in [0.25, 0.3) is 0 Å². The summed E-state index contributed by atoms with van der Waals surface area (Å²) in [6.45, 7) is 0. The van der Waals surface area contributed by atoms with Gasteiger partial charge in [0.1, 0.15) is 5.75 Å². The maximum atomic E-state index is 11.3. The zero-order valence-corrected chi connectivity index (χ0v) is 7.23. The molecule has 0 aliphatic heterocycles. The third kappa shape index (κ3) is 2.61. The average Bonchev–Trinajstić information content (AvgIpc) is 2.35. The third-order valence-corrected chi connectivity index (χ3v) is 3.74. The van der Waals surface area contributed by atoms with Crippen molar-refractivity contribution in [2.75, 3.05) is 5.75 Å². The van der Waals surface area contributed by atoms with Gasteiger partial charge in [0, 0.05) is 16.0 Å². The molecule has 64 valence electrons. The number of hydrogen-bond acceptors (Lipinski definition) is 2. The summed E-state index contributed by atoms with van der Waals surface area (Å²) < 4.78 is 11.3. The van der Waals surface area contributed by atoms with Crippen LogP contribution in [-0.2, 0) is 15.6 Å². The molecule has 0 bridgehead atoms. The molecule has 0 aromatic carbocycles. The lowest BCUT2D eigenvalue weighted by Crippen LogP contribution is -2.24. The topological polar surface area (TPSA) is 60.2 Å². The van der Waals surface area contributed by atoms with Gasteiger partial charge in [0.2, 0.25) is 5.91 Å². The minimum Gasteiger partial charge on any atom is -0.369 e. The first kappa shape index (κ1) is 8.71. The molecule has 3 nitrogen and oxygen atoms in total. The van der Waals surface area contributed by atoms with Crippen LogP contribution in [-0.4, -0.2) is 21.1 Å². The van der Waals surface area contributed by atoms with E-state index in [0.29, 0.717) is 0 Å². The Morgan fingerprint density at radius 1 is 1.45 bits per heavy atom. The summed E-state index contributed by atoms with van der Waals surface area (Å²) in [5.74, 6) is -0.403. The SMILES string of the molecule is NC(=O)CS(=O)C1CCCC1. The van der Waals surface area contributed by atoms with Gasteiger partial charge in [-0.05, 0) is 12.8 Å². The lowest BCUT2D eigenvalue weighted by atomic mass is 10.4. The van der Waals surface area contributed by atoms with Crippen LogP contribution in [0.1, 0.15) is 25.7 Å². The van der Waals surface area contributed by atoms with Crippen LogP contribution in [0.15, 0.2) is 0 Å². The van der Waals surface area contributed by atoms with Crippen LogP contribution >= 0.6 is 0 Å². The Bertz CT molecular complexity index is 175. The molecule has 0 heterocycles. The van der Waals surface area contributed by atoms with E-state index in [1.807, 2.05) is 0 Å². The van der Waals surface area contributed by atoms with E-state index in [0.717, 1.165) is 25.7 Å². The predicted molar refractivity (Wildman–Crippen MR) is 44.5 cm³/mol. The van der Waals surface area contributed by atoms with Crippen molar-refractivity contribution >= 4 is 16.7 Å². The summed E-state index contributed by atoms with van der Waals surface area (Å²) >= 11 is 0. The van der Waals surface area contributed by atoms with Crippen LogP contribution < -0.4 is 5.73 Å². The predicted octanol–water partition coefficient (Wildman–Crippen LogP) is 0.163. The normalized spacial score (nSPS) is 21.8. The minimum absolute atomic E-state index is 0.0463. The zero-order chi connectivity index (χ0) is 8.27. The largest absolute Gasteiger partial charge is 0.369 e. The Kier molecular flexibility index (Phi) is 3.05. The molecule has 1 atom stereocenters. The number of amides is 1. The van der Waals surface area contributed by atoms with Crippen molar-refractivity contribution in [1.82, 2.24) is 0 Å². The van der Waals surface area contributed by atoms with E-state index in [1.165, 1.54) is 0 Å². The van der Waals surface area contributed by atoms with E-state index >= 15 is 0 Å². The van der Waals surface area contributed by atoms with Gasteiger partial charge in [-0.25, -0.2) is 0 Å². The molecule has 0 aromatic heterocycles. The summed E-state index contributed by atoms with van der Waals surface area (Å²) in [6, 6.07) is 0. The summed E-state index contributed by atoms with van der Waals surface area (Å²) in [5.41, 5.74) is 4.93. The molecule has 1 aliphatic carbocycles. The highest BCUT2D eigenvalue weighted by Gasteiger charge is 2.21. The van der Waals surface area contributed by atoms with E-state index in [1.54, 1.807) is 0 Å².